The number of halogens is 1. The van der Waals surface area contributed by atoms with E-state index in [-0.39, 0.29) is 28.2 Å². The molecule has 3 heterocycles. The van der Waals surface area contributed by atoms with Gasteiger partial charge in [-0.3, -0.25) is 18.8 Å². The fraction of sp³-hybridized carbons (Fsp3) is 0.182. The molecule has 0 radical (unpaired) electrons. The zero-order valence-electron chi connectivity index (χ0n) is 17.1. The summed E-state index contributed by atoms with van der Waals surface area (Å²) in [7, 11) is 2.71. The number of hydrogen-bond donors (Lipinski definition) is 2. The van der Waals surface area contributed by atoms with Crippen molar-refractivity contribution in [2.45, 2.75) is 12.3 Å². The van der Waals surface area contributed by atoms with Crippen LogP contribution in [0.2, 0.25) is 5.02 Å². The lowest BCUT2D eigenvalue weighted by Crippen LogP contribution is -2.27. The molecule has 10 heteroatoms. The molecule has 0 spiro atoms. The number of carbonyl (C=O) groups is 1. The van der Waals surface area contributed by atoms with Crippen molar-refractivity contribution in [3.63, 3.8) is 0 Å². The quantitative estimate of drug-likeness (QED) is 0.443. The molecule has 1 atom stereocenters. The molecular formula is C22H18ClN3O6. The second-order valence-corrected chi connectivity index (χ2v) is 7.51. The maximum absolute atomic E-state index is 13.3. The summed E-state index contributed by atoms with van der Waals surface area (Å²) in [5, 5.41) is 11.5. The Morgan fingerprint density at radius 2 is 2.00 bits per heavy atom. The van der Waals surface area contributed by atoms with Crippen LogP contribution in [0.3, 0.4) is 0 Å². The van der Waals surface area contributed by atoms with Crippen LogP contribution in [0.15, 0.2) is 52.2 Å². The number of ether oxygens (including phenoxy) is 2. The van der Waals surface area contributed by atoms with E-state index in [0.717, 1.165) is 4.40 Å². The molecule has 0 amide bonds. The maximum Gasteiger partial charge on any atom is 0.306 e. The molecule has 0 fully saturated rings. The molecule has 9 nitrogen and oxygen atoms in total. The molecule has 3 aromatic heterocycles. The van der Waals surface area contributed by atoms with Crippen LogP contribution >= 0.6 is 11.6 Å². The van der Waals surface area contributed by atoms with Crippen LogP contribution in [-0.2, 0) is 9.53 Å². The van der Waals surface area contributed by atoms with Gasteiger partial charge in [0.2, 0.25) is 5.88 Å². The first kappa shape index (κ1) is 21.4. The Kier molecular flexibility index (Phi) is 5.58. The van der Waals surface area contributed by atoms with Crippen molar-refractivity contribution in [2.75, 3.05) is 14.2 Å². The predicted molar refractivity (Wildman–Crippen MR) is 118 cm³/mol. The lowest BCUT2D eigenvalue weighted by Gasteiger charge is -2.17. The average Bonchev–Trinajstić information content (AvgIpc) is 2.78. The Hall–Kier alpha value is -3.85. The monoisotopic (exact) mass is 455 g/mol. The van der Waals surface area contributed by atoms with Crippen LogP contribution < -0.4 is 15.9 Å². The van der Waals surface area contributed by atoms with E-state index in [1.165, 1.54) is 32.5 Å². The largest absolute Gasteiger partial charge is 0.497 e. The Labute approximate surface area is 185 Å². The number of aromatic amines is 1. The number of methoxy groups -OCH3 is 2. The lowest BCUT2D eigenvalue weighted by atomic mass is 9.89. The molecule has 4 rings (SSSR count). The van der Waals surface area contributed by atoms with E-state index >= 15 is 0 Å². The number of esters is 1. The molecule has 0 unspecified atom stereocenters. The summed E-state index contributed by atoms with van der Waals surface area (Å²) in [5.74, 6) is -1.82. The van der Waals surface area contributed by atoms with Gasteiger partial charge in [-0.25, -0.2) is 0 Å². The summed E-state index contributed by atoms with van der Waals surface area (Å²) in [6, 6.07) is 9.62. The van der Waals surface area contributed by atoms with E-state index in [2.05, 4.69) is 9.97 Å². The highest BCUT2D eigenvalue weighted by Gasteiger charge is 2.29. The van der Waals surface area contributed by atoms with Gasteiger partial charge in [0.25, 0.3) is 11.1 Å². The summed E-state index contributed by atoms with van der Waals surface area (Å²) in [6.45, 7) is 0. The van der Waals surface area contributed by atoms with Crippen LogP contribution in [0.25, 0.3) is 16.6 Å². The van der Waals surface area contributed by atoms with E-state index in [1.807, 2.05) is 0 Å². The van der Waals surface area contributed by atoms with Gasteiger partial charge in [0.1, 0.15) is 11.4 Å². The summed E-state index contributed by atoms with van der Waals surface area (Å²) in [4.78, 5) is 45.2. The molecule has 0 aliphatic rings. The van der Waals surface area contributed by atoms with Crippen LogP contribution in [-0.4, -0.2) is 39.7 Å². The lowest BCUT2D eigenvalue weighted by molar-refractivity contribution is -0.140. The van der Waals surface area contributed by atoms with Gasteiger partial charge in [-0.15, -0.1) is 0 Å². The minimum atomic E-state index is -1.13. The van der Waals surface area contributed by atoms with Crippen LogP contribution in [0.1, 0.15) is 23.5 Å². The smallest absolute Gasteiger partial charge is 0.306 e. The third kappa shape index (κ3) is 3.78. The highest BCUT2D eigenvalue weighted by Crippen LogP contribution is 2.31. The van der Waals surface area contributed by atoms with Crippen molar-refractivity contribution in [3.05, 3.63) is 79.5 Å². The molecule has 1 aromatic carbocycles. The third-order valence-electron chi connectivity index (χ3n) is 5.20. The van der Waals surface area contributed by atoms with E-state index in [9.17, 15) is 19.5 Å². The Morgan fingerprint density at radius 1 is 1.22 bits per heavy atom. The van der Waals surface area contributed by atoms with Crippen LogP contribution in [0.4, 0.5) is 0 Å². The summed E-state index contributed by atoms with van der Waals surface area (Å²) >= 11 is 6.01. The van der Waals surface area contributed by atoms with E-state index in [4.69, 9.17) is 21.1 Å². The number of rotatable bonds is 5. The van der Waals surface area contributed by atoms with Gasteiger partial charge in [-0.05, 0) is 36.4 Å². The normalized spacial score (nSPS) is 12.1. The summed E-state index contributed by atoms with van der Waals surface area (Å²) in [5.41, 5.74) is -0.605. The molecule has 0 saturated carbocycles. The second kappa shape index (κ2) is 8.35. The Balaban J connectivity index is 2.01. The Morgan fingerprint density at radius 3 is 2.72 bits per heavy atom. The van der Waals surface area contributed by atoms with Gasteiger partial charge in [-0.1, -0.05) is 11.6 Å². The summed E-state index contributed by atoms with van der Waals surface area (Å²) in [6.07, 6.45) is 0.978. The predicted octanol–water partition coefficient (Wildman–Crippen LogP) is 2.60. The van der Waals surface area contributed by atoms with Crippen molar-refractivity contribution >= 4 is 34.1 Å². The number of H-pyrrole nitrogens is 1. The molecule has 0 bridgehead atoms. The van der Waals surface area contributed by atoms with Gasteiger partial charge in [0, 0.05) is 28.6 Å². The van der Waals surface area contributed by atoms with Crippen molar-refractivity contribution in [2.24, 2.45) is 0 Å². The highest BCUT2D eigenvalue weighted by molar-refractivity contribution is 6.30. The maximum atomic E-state index is 13.3. The highest BCUT2D eigenvalue weighted by atomic mass is 35.5. The fourth-order valence-corrected chi connectivity index (χ4v) is 3.79. The van der Waals surface area contributed by atoms with E-state index in [1.54, 1.807) is 24.3 Å². The molecule has 2 N–H and O–H groups in total. The van der Waals surface area contributed by atoms with Crippen molar-refractivity contribution in [3.8, 4) is 11.6 Å². The topological polar surface area (TPSA) is 123 Å². The molecule has 4 aromatic rings. The molecule has 164 valence electrons. The number of fused-ring (bicyclic) bond motifs is 2. The zero-order chi connectivity index (χ0) is 23.0. The van der Waals surface area contributed by atoms with Gasteiger partial charge in [0.15, 0.2) is 0 Å². The van der Waals surface area contributed by atoms with E-state index in [0.29, 0.717) is 16.7 Å². The van der Waals surface area contributed by atoms with Crippen LogP contribution in [0, 0.1) is 0 Å². The second-order valence-electron chi connectivity index (χ2n) is 7.07. The number of aromatic hydroxyl groups is 1. The minimum absolute atomic E-state index is 0.0901. The van der Waals surface area contributed by atoms with Gasteiger partial charge >= 0.3 is 5.97 Å². The number of carbonyl (C=O) groups excluding carboxylic acids is 1. The third-order valence-corrected chi connectivity index (χ3v) is 5.43. The number of hydrogen-bond acceptors (Lipinski definition) is 7. The van der Waals surface area contributed by atoms with Crippen molar-refractivity contribution in [1.82, 2.24) is 14.4 Å². The standard InChI is InChI=1S/C22H18ClN3O6/c1-31-13-4-5-16-11(7-13)8-15(20(28)24-16)14(9-18(27)32-2)19-21(29)25-17-6-3-12(23)10-26(17)22(19)30/h3-8,10,14,29H,9H2,1-2H3,(H,24,28)/t14-/m1/s1. The number of nitrogens with one attached hydrogen (secondary N) is 1. The number of pyridine rings is 2. The average molecular weight is 456 g/mol. The van der Waals surface area contributed by atoms with Crippen LogP contribution in [0.5, 0.6) is 11.6 Å². The number of aromatic nitrogens is 3. The number of benzene rings is 1. The number of nitrogens with zero attached hydrogens (tertiary/aromatic N) is 2. The molecule has 32 heavy (non-hydrogen) atoms. The molecule has 0 aliphatic carbocycles. The SMILES string of the molecule is COC(=O)C[C@H](c1cc2cc(OC)ccc2[nH]c1=O)c1c(O)nc2ccc(Cl)cn2c1=O. The van der Waals surface area contributed by atoms with Gasteiger partial charge < -0.3 is 19.6 Å². The Bertz CT molecular complexity index is 1480. The van der Waals surface area contributed by atoms with Gasteiger partial charge in [-0.2, -0.15) is 4.98 Å². The van der Waals surface area contributed by atoms with Crippen molar-refractivity contribution in [1.29, 1.82) is 0 Å². The zero-order valence-corrected chi connectivity index (χ0v) is 17.8. The molecule has 0 saturated heterocycles. The minimum Gasteiger partial charge on any atom is -0.497 e. The van der Waals surface area contributed by atoms with E-state index < -0.39 is 28.9 Å². The fourth-order valence-electron chi connectivity index (χ4n) is 3.62. The molecule has 0 aliphatic heterocycles. The van der Waals surface area contributed by atoms with Gasteiger partial charge in [0.05, 0.1) is 31.2 Å². The first-order valence-electron chi connectivity index (χ1n) is 9.51. The first-order valence-corrected chi connectivity index (χ1v) is 9.88. The first-order chi connectivity index (χ1) is 15.3. The molecular weight excluding hydrogens is 438 g/mol. The van der Waals surface area contributed by atoms with Crippen molar-refractivity contribution < 1.29 is 19.4 Å². The summed E-state index contributed by atoms with van der Waals surface area (Å²) < 4.78 is 11.2.